The third kappa shape index (κ3) is 1.29. The minimum Gasteiger partial charge on any atom is -0.380 e. The largest absolute Gasteiger partial charge is 0.380 e. The van der Waals surface area contributed by atoms with E-state index in [2.05, 4.69) is 34.7 Å². The summed E-state index contributed by atoms with van der Waals surface area (Å²) in [5, 5.41) is 3.33. The van der Waals surface area contributed by atoms with E-state index in [9.17, 15) is 0 Å². The molecule has 72 valence electrons. The Bertz CT molecular complexity index is 408. The van der Waals surface area contributed by atoms with Gasteiger partial charge in [0.2, 0.25) is 0 Å². The molecular formula is C12H14N2. The lowest BCUT2D eigenvalue weighted by atomic mass is 10.2. The Morgan fingerprint density at radius 3 is 3.14 bits per heavy atom. The van der Waals surface area contributed by atoms with Crippen LogP contribution in [0.3, 0.4) is 0 Å². The van der Waals surface area contributed by atoms with Crippen LogP contribution in [0.4, 0.5) is 5.69 Å². The third-order valence-electron chi connectivity index (χ3n) is 2.30. The van der Waals surface area contributed by atoms with Gasteiger partial charge in [0.1, 0.15) is 0 Å². The van der Waals surface area contributed by atoms with Crippen LogP contribution in [0.2, 0.25) is 0 Å². The Morgan fingerprint density at radius 1 is 1.57 bits per heavy atom. The quantitative estimate of drug-likeness (QED) is 0.751. The van der Waals surface area contributed by atoms with Crippen LogP contribution in [0.25, 0.3) is 18.4 Å². The van der Waals surface area contributed by atoms with E-state index in [1.54, 1.807) is 0 Å². The molecule has 2 heterocycles. The van der Waals surface area contributed by atoms with Gasteiger partial charge in [0.05, 0.1) is 11.4 Å². The molecule has 14 heavy (non-hydrogen) atoms. The zero-order valence-electron chi connectivity index (χ0n) is 8.33. The number of allylic oxidation sites excluding steroid dienone is 1. The number of nitrogens with one attached hydrogen (secondary N) is 1. The topological polar surface area (TPSA) is 17.0 Å². The van der Waals surface area contributed by atoms with Crippen molar-refractivity contribution < 1.29 is 0 Å². The summed E-state index contributed by atoms with van der Waals surface area (Å²) in [7, 11) is 0. The fourth-order valence-corrected chi connectivity index (χ4v) is 1.68. The van der Waals surface area contributed by atoms with Gasteiger partial charge < -0.3 is 9.88 Å². The maximum absolute atomic E-state index is 3.81. The summed E-state index contributed by atoms with van der Waals surface area (Å²) in [4.78, 5) is 0. The lowest BCUT2D eigenvalue weighted by Gasteiger charge is -2.10. The summed E-state index contributed by atoms with van der Waals surface area (Å²) in [6.07, 6.45) is 10.2. The lowest BCUT2D eigenvalue weighted by molar-refractivity contribution is 1.11. The van der Waals surface area contributed by atoms with Gasteiger partial charge in [0.25, 0.3) is 0 Å². The predicted molar refractivity (Wildman–Crippen MR) is 63.1 cm³/mol. The number of hydrogen-bond acceptors (Lipinski definition) is 1. The second-order valence-electron chi connectivity index (χ2n) is 3.21. The van der Waals surface area contributed by atoms with Crippen LogP contribution in [-0.2, 0) is 0 Å². The molecule has 2 heteroatoms. The fourth-order valence-electron chi connectivity index (χ4n) is 1.68. The maximum Gasteiger partial charge on any atom is 0.0685 e. The number of nitrogens with zero attached hydrogens (tertiary/aromatic N) is 1. The molecule has 2 nitrogen and oxygen atoms in total. The molecule has 0 fully saturated rings. The Hall–Kier alpha value is -1.70. The van der Waals surface area contributed by atoms with Crippen molar-refractivity contribution in [3.05, 3.63) is 36.2 Å². The number of anilines is 1. The molecule has 0 spiro atoms. The first-order valence-corrected chi connectivity index (χ1v) is 4.77. The van der Waals surface area contributed by atoms with Crippen molar-refractivity contribution in [2.45, 2.75) is 6.92 Å². The zero-order chi connectivity index (χ0) is 9.97. The monoisotopic (exact) mass is 186 g/mol. The molecule has 1 aliphatic heterocycles. The second-order valence-corrected chi connectivity index (χ2v) is 3.21. The Balaban J connectivity index is 2.60. The predicted octanol–water partition coefficient (Wildman–Crippen LogP) is 3.06. The van der Waals surface area contributed by atoms with Gasteiger partial charge in [-0.25, -0.2) is 0 Å². The zero-order valence-corrected chi connectivity index (χ0v) is 8.33. The van der Waals surface area contributed by atoms with Crippen LogP contribution in [0.5, 0.6) is 0 Å². The molecule has 1 aromatic rings. The number of fused-ring (bicyclic) bond motifs is 1. The summed E-state index contributed by atoms with van der Waals surface area (Å²) in [6, 6.07) is 2.12. The van der Waals surface area contributed by atoms with Gasteiger partial charge in [-0.2, -0.15) is 0 Å². The SMILES string of the molecule is C=Cc1cc2c(n1/C=C\C)C=CCN2. The average molecular weight is 186 g/mol. The highest BCUT2D eigenvalue weighted by Crippen LogP contribution is 2.26. The molecule has 1 N–H and O–H groups in total. The van der Waals surface area contributed by atoms with Gasteiger partial charge in [-0.1, -0.05) is 18.7 Å². The minimum absolute atomic E-state index is 0.906. The van der Waals surface area contributed by atoms with Crippen molar-refractivity contribution in [1.82, 2.24) is 4.57 Å². The van der Waals surface area contributed by atoms with E-state index in [-0.39, 0.29) is 0 Å². The van der Waals surface area contributed by atoms with Crippen molar-refractivity contribution >= 4 is 24.0 Å². The first kappa shape index (κ1) is 8.88. The van der Waals surface area contributed by atoms with Crippen molar-refractivity contribution in [2.75, 3.05) is 11.9 Å². The van der Waals surface area contributed by atoms with E-state index in [4.69, 9.17) is 0 Å². The smallest absolute Gasteiger partial charge is 0.0685 e. The highest BCUT2D eigenvalue weighted by molar-refractivity contribution is 5.74. The van der Waals surface area contributed by atoms with Gasteiger partial charge in [-0.3, -0.25) is 0 Å². The highest BCUT2D eigenvalue weighted by atomic mass is 15.0. The number of hydrogen-bond donors (Lipinski definition) is 1. The van der Waals surface area contributed by atoms with Crippen molar-refractivity contribution in [3.63, 3.8) is 0 Å². The minimum atomic E-state index is 0.906. The number of aromatic nitrogens is 1. The third-order valence-corrected chi connectivity index (χ3v) is 2.30. The van der Waals surface area contributed by atoms with Crippen molar-refractivity contribution in [1.29, 1.82) is 0 Å². The van der Waals surface area contributed by atoms with Crippen LogP contribution >= 0.6 is 0 Å². The normalized spacial score (nSPS) is 14.1. The Morgan fingerprint density at radius 2 is 2.43 bits per heavy atom. The standard InChI is InChI=1S/C12H14N2/c1-3-8-14-10(4-2)9-11-12(14)6-5-7-13-11/h3-6,8-9,13H,2,7H2,1H3/b8-3-. The van der Waals surface area contributed by atoms with Gasteiger partial charge in [0.15, 0.2) is 0 Å². The van der Waals surface area contributed by atoms with Crippen LogP contribution < -0.4 is 5.32 Å². The van der Waals surface area contributed by atoms with Crippen LogP contribution in [0.1, 0.15) is 18.3 Å². The fraction of sp³-hybridized carbons (Fsp3) is 0.167. The van der Waals surface area contributed by atoms with Crippen LogP contribution in [-0.4, -0.2) is 11.1 Å². The first-order chi connectivity index (χ1) is 6.86. The molecule has 0 aromatic carbocycles. The van der Waals surface area contributed by atoms with E-state index in [1.165, 1.54) is 11.4 Å². The van der Waals surface area contributed by atoms with Gasteiger partial charge in [-0.05, 0) is 25.1 Å². The summed E-state index contributed by atoms with van der Waals surface area (Å²) in [6.45, 7) is 6.73. The van der Waals surface area contributed by atoms with Crippen LogP contribution in [0.15, 0.2) is 24.8 Å². The summed E-state index contributed by atoms with van der Waals surface area (Å²) in [5.41, 5.74) is 3.50. The molecule has 0 saturated heterocycles. The van der Waals surface area contributed by atoms with Gasteiger partial charge >= 0.3 is 0 Å². The number of rotatable bonds is 2. The molecular weight excluding hydrogens is 172 g/mol. The Kier molecular flexibility index (Phi) is 2.27. The maximum atomic E-state index is 3.81. The molecule has 1 aliphatic rings. The summed E-state index contributed by atoms with van der Waals surface area (Å²) < 4.78 is 2.13. The van der Waals surface area contributed by atoms with E-state index in [0.29, 0.717) is 0 Å². The molecule has 0 aliphatic carbocycles. The molecule has 0 bridgehead atoms. The summed E-state index contributed by atoms with van der Waals surface area (Å²) >= 11 is 0. The van der Waals surface area contributed by atoms with E-state index >= 15 is 0 Å². The average Bonchev–Trinajstić information content (AvgIpc) is 2.58. The second kappa shape index (κ2) is 3.58. The summed E-state index contributed by atoms with van der Waals surface area (Å²) in [5.74, 6) is 0. The van der Waals surface area contributed by atoms with Gasteiger partial charge in [0, 0.05) is 18.4 Å². The lowest BCUT2D eigenvalue weighted by Crippen LogP contribution is -2.04. The van der Waals surface area contributed by atoms with Crippen LogP contribution in [0, 0.1) is 0 Å². The highest BCUT2D eigenvalue weighted by Gasteiger charge is 2.10. The van der Waals surface area contributed by atoms with Crippen molar-refractivity contribution in [2.24, 2.45) is 0 Å². The first-order valence-electron chi connectivity index (χ1n) is 4.77. The molecule has 0 saturated carbocycles. The molecule has 1 aromatic heterocycles. The van der Waals surface area contributed by atoms with E-state index < -0.39 is 0 Å². The van der Waals surface area contributed by atoms with E-state index in [0.717, 1.165) is 12.2 Å². The molecule has 2 rings (SSSR count). The molecule has 0 amide bonds. The molecule has 0 atom stereocenters. The van der Waals surface area contributed by atoms with Gasteiger partial charge in [-0.15, -0.1) is 0 Å². The van der Waals surface area contributed by atoms with Crippen molar-refractivity contribution in [3.8, 4) is 0 Å². The molecule has 0 radical (unpaired) electrons. The Labute approximate surface area is 84.2 Å². The molecule has 0 unspecified atom stereocenters. The van der Waals surface area contributed by atoms with E-state index in [1.807, 2.05) is 25.3 Å².